The molecule has 3 N–H and O–H groups in total. The molecule has 2 aromatic carbocycles. The SMILES string of the molecule is Cc1cccc(Oc2cnc(N)c(-c3nc4ccccc4[nH]3)n2)c1. The maximum atomic E-state index is 5.97. The Labute approximate surface area is 138 Å². The first-order chi connectivity index (χ1) is 11.7. The number of aromatic amines is 1. The van der Waals surface area contributed by atoms with E-state index in [1.54, 1.807) is 0 Å². The highest BCUT2D eigenvalue weighted by atomic mass is 16.5. The van der Waals surface area contributed by atoms with Gasteiger partial charge in [0.1, 0.15) is 5.75 Å². The minimum absolute atomic E-state index is 0.297. The molecular formula is C18H15N5O. The number of aromatic nitrogens is 4. The molecule has 0 fully saturated rings. The molecule has 0 radical (unpaired) electrons. The molecule has 6 nitrogen and oxygen atoms in total. The highest BCUT2D eigenvalue weighted by Gasteiger charge is 2.13. The summed E-state index contributed by atoms with van der Waals surface area (Å²) in [6.07, 6.45) is 1.50. The molecule has 0 bridgehead atoms. The number of fused-ring (bicyclic) bond motifs is 1. The third-order valence-electron chi connectivity index (χ3n) is 3.60. The Morgan fingerprint density at radius 2 is 1.92 bits per heavy atom. The lowest BCUT2D eigenvalue weighted by Crippen LogP contribution is -2.00. The molecule has 0 aliphatic heterocycles. The van der Waals surface area contributed by atoms with E-state index in [9.17, 15) is 0 Å². The number of nitrogens with zero attached hydrogens (tertiary/aromatic N) is 3. The molecule has 0 atom stereocenters. The lowest BCUT2D eigenvalue weighted by atomic mass is 10.2. The maximum Gasteiger partial charge on any atom is 0.238 e. The average molecular weight is 317 g/mol. The van der Waals surface area contributed by atoms with Crippen molar-refractivity contribution in [2.75, 3.05) is 5.73 Å². The van der Waals surface area contributed by atoms with Gasteiger partial charge in [-0.2, -0.15) is 0 Å². The van der Waals surface area contributed by atoms with Crippen LogP contribution in [0, 0.1) is 6.92 Å². The molecule has 0 aliphatic rings. The fraction of sp³-hybridized carbons (Fsp3) is 0.0556. The number of nitrogens with one attached hydrogen (secondary N) is 1. The first kappa shape index (κ1) is 14.2. The fourth-order valence-electron chi connectivity index (χ4n) is 2.47. The molecule has 0 aliphatic carbocycles. The largest absolute Gasteiger partial charge is 0.437 e. The van der Waals surface area contributed by atoms with Crippen molar-refractivity contribution in [2.24, 2.45) is 0 Å². The number of H-pyrrole nitrogens is 1. The highest BCUT2D eigenvalue weighted by Crippen LogP contribution is 2.26. The standard InChI is InChI=1S/C18H15N5O/c1-11-5-4-6-12(9-11)24-15-10-20-17(19)16(23-15)18-21-13-7-2-3-8-14(13)22-18/h2-10H,1H3,(H2,19,20)(H,21,22). The predicted octanol–water partition coefficient (Wildman–Crippen LogP) is 3.70. The third-order valence-corrected chi connectivity index (χ3v) is 3.60. The average Bonchev–Trinajstić information content (AvgIpc) is 3.00. The lowest BCUT2D eigenvalue weighted by molar-refractivity contribution is 0.460. The first-order valence-electron chi connectivity index (χ1n) is 7.51. The van der Waals surface area contributed by atoms with Gasteiger partial charge in [0.05, 0.1) is 17.2 Å². The van der Waals surface area contributed by atoms with Gasteiger partial charge in [-0.3, -0.25) is 0 Å². The van der Waals surface area contributed by atoms with E-state index in [0.29, 0.717) is 29.0 Å². The van der Waals surface area contributed by atoms with Crippen molar-refractivity contribution in [1.82, 2.24) is 19.9 Å². The number of hydrogen-bond donors (Lipinski definition) is 2. The van der Waals surface area contributed by atoms with E-state index < -0.39 is 0 Å². The second kappa shape index (κ2) is 5.66. The quantitative estimate of drug-likeness (QED) is 0.601. The second-order valence-corrected chi connectivity index (χ2v) is 5.46. The van der Waals surface area contributed by atoms with Gasteiger partial charge >= 0.3 is 0 Å². The maximum absolute atomic E-state index is 5.97. The zero-order valence-corrected chi connectivity index (χ0v) is 13.0. The van der Waals surface area contributed by atoms with Crippen LogP contribution >= 0.6 is 0 Å². The van der Waals surface area contributed by atoms with E-state index in [0.717, 1.165) is 16.6 Å². The minimum Gasteiger partial charge on any atom is -0.437 e. The Morgan fingerprint density at radius 1 is 1.04 bits per heavy atom. The summed E-state index contributed by atoms with van der Waals surface area (Å²) in [5.74, 6) is 1.93. The zero-order chi connectivity index (χ0) is 16.5. The van der Waals surface area contributed by atoms with Gasteiger partial charge < -0.3 is 15.5 Å². The van der Waals surface area contributed by atoms with Crippen LogP contribution in [0.2, 0.25) is 0 Å². The summed E-state index contributed by atoms with van der Waals surface area (Å²) in [4.78, 5) is 16.3. The van der Waals surface area contributed by atoms with E-state index in [1.165, 1.54) is 6.20 Å². The number of nitrogen functional groups attached to an aromatic ring is 1. The molecule has 0 unspecified atom stereocenters. The normalized spacial score (nSPS) is 10.9. The Hall–Kier alpha value is -3.41. The van der Waals surface area contributed by atoms with E-state index >= 15 is 0 Å². The van der Waals surface area contributed by atoms with Crippen LogP contribution in [0.4, 0.5) is 5.82 Å². The molecule has 0 saturated carbocycles. The molecule has 118 valence electrons. The van der Waals surface area contributed by atoms with Crippen molar-refractivity contribution in [3.63, 3.8) is 0 Å². The van der Waals surface area contributed by atoms with Gasteiger partial charge in [-0.15, -0.1) is 0 Å². The lowest BCUT2D eigenvalue weighted by Gasteiger charge is -2.07. The Morgan fingerprint density at radius 3 is 2.75 bits per heavy atom. The van der Waals surface area contributed by atoms with Crippen molar-refractivity contribution >= 4 is 16.9 Å². The van der Waals surface area contributed by atoms with Crippen LogP contribution in [0.15, 0.2) is 54.7 Å². The molecule has 24 heavy (non-hydrogen) atoms. The number of hydrogen-bond acceptors (Lipinski definition) is 5. The highest BCUT2D eigenvalue weighted by molar-refractivity contribution is 5.80. The number of nitrogens with two attached hydrogens (primary N) is 1. The number of anilines is 1. The zero-order valence-electron chi connectivity index (χ0n) is 13.0. The van der Waals surface area contributed by atoms with E-state index in [-0.39, 0.29) is 0 Å². The summed E-state index contributed by atoms with van der Waals surface area (Å²) in [5, 5.41) is 0. The number of ether oxygens (including phenoxy) is 1. The minimum atomic E-state index is 0.297. The van der Waals surface area contributed by atoms with Gasteiger partial charge in [0.2, 0.25) is 5.88 Å². The molecule has 0 amide bonds. The van der Waals surface area contributed by atoms with Crippen LogP contribution in [0.3, 0.4) is 0 Å². The van der Waals surface area contributed by atoms with E-state index in [1.807, 2.05) is 55.5 Å². The van der Waals surface area contributed by atoms with Gasteiger partial charge in [0.15, 0.2) is 17.3 Å². The summed E-state index contributed by atoms with van der Waals surface area (Å²) in [5.41, 5.74) is 9.31. The summed E-state index contributed by atoms with van der Waals surface area (Å²) < 4.78 is 5.78. The molecular weight excluding hydrogens is 302 g/mol. The fourth-order valence-corrected chi connectivity index (χ4v) is 2.47. The molecule has 2 heterocycles. The summed E-state index contributed by atoms with van der Waals surface area (Å²) in [6, 6.07) is 15.5. The van der Waals surface area contributed by atoms with Crippen LogP contribution in [-0.2, 0) is 0 Å². The number of imidazole rings is 1. The van der Waals surface area contributed by atoms with E-state index in [2.05, 4.69) is 19.9 Å². The van der Waals surface area contributed by atoms with Crippen LogP contribution in [-0.4, -0.2) is 19.9 Å². The van der Waals surface area contributed by atoms with Crippen LogP contribution < -0.4 is 10.5 Å². The van der Waals surface area contributed by atoms with Gasteiger partial charge in [0, 0.05) is 0 Å². The summed E-state index contributed by atoms with van der Waals surface area (Å²) >= 11 is 0. The first-order valence-corrected chi connectivity index (χ1v) is 7.51. The summed E-state index contributed by atoms with van der Waals surface area (Å²) in [7, 11) is 0. The van der Waals surface area contributed by atoms with Crippen molar-refractivity contribution in [3.05, 3.63) is 60.3 Å². The number of rotatable bonds is 3. The molecule has 6 heteroatoms. The molecule has 0 saturated heterocycles. The number of para-hydroxylation sites is 2. The Kier molecular flexibility index (Phi) is 3.35. The Bertz CT molecular complexity index is 992. The Balaban J connectivity index is 1.73. The van der Waals surface area contributed by atoms with Gasteiger partial charge in [0.25, 0.3) is 0 Å². The van der Waals surface area contributed by atoms with Gasteiger partial charge in [-0.05, 0) is 36.8 Å². The topological polar surface area (TPSA) is 89.7 Å². The number of benzene rings is 2. The smallest absolute Gasteiger partial charge is 0.238 e. The second-order valence-electron chi connectivity index (χ2n) is 5.46. The van der Waals surface area contributed by atoms with Crippen molar-refractivity contribution in [3.8, 4) is 23.1 Å². The monoisotopic (exact) mass is 317 g/mol. The van der Waals surface area contributed by atoms with Crippen LogP contribution in [0.5, 0.6) is 11.6 Å². The summed E-state index contributed by atoms with van der Waals surface area (Å²) in [6.45, 7) is 2.00. The van der Waals surface area contributed by atoms with E-state index in [4.69, 9.17) is 10.5 Å². The van der Waals surface area contributed by atoms with Crippen LogP contribution in [0.1, 0.15) is 5.56 Å². The van der Waals surface area contributed by atoms with Crippen molar-refractivity contribution in [2.45, 2.75) is 6.92 Å². The van der Waals surface area contributed by atoms with Crippen molar-refractivity contribution in [1.29, 1.82) is 0 Å². The van der Waals surface area contributed by atoms with Crippen molar-refractivity contribution < 1.29 is 4.74 Å². The third kappa shape index (κ3) is 2.65. The molecule has 4 rings (SSSR count). The predicted molar refractivity (Wildman–Crippen MR) is 92.8 cm³/mol. The molecule has 4 aromatic rings. The van der Waals surface area contributed by atoms with Crippen LogP contribution in [0.25, 0.3) is 22.6 Å². The molecule has 0 spiro atoms. The number of aryl methyl sites for hydroxylation is 1. The molecule has 2 aromatic heterocycles. The van der Waals surface area contributed by atoms with Gasteiger partial charge in [-0.1, -0.05) is 24.3 Å². The van der Waals surface area contributed by atoms with Gasteiger partial charge in [-0.25, -0.2) is 15.0 Å².